The van der Waals surface area contributed by atoms with E-state index < -0.39 is 5.97 Å². The van der Waals surface area contributed by atoms with Crippen LogP contribution in [0.1, 0.15) is 36.0 Å². The summed E-state index contributed by atoms with van der Waals surface area (Å²) in [6, 6.07) is 5.35. The molecule has 96 valence electrons. The van der Waals surface area contributed by atoms with Crippen molar-refractivity contribution in [1.82, 2.24) is 0 Å². The summed E-state index contributed by atoms with van der Waals surface area (Å²) in [4.78, 5) is 11.0. The Balaban J connectivity index is 1.81. The number of hydrogen-bond acceptors (Lipinski definition) is 3. The Bertz CT molecular complexity index is 467. The van der Waals surface area contributed by atoms with Crippen LogP contribution >= 0.6 is 0 Å². The first-order valence-corrected chi connectivity index (χ1v) is 6.54. The molecule has 0 spiro atoms. The maximum atomic E-state index is 11.0. The highest BCUT2D eigenvalue weighted by Crippen LogP contribution is 2.46. The molecule has 1 aromatic rings. The molecule has 2 fully saturated rings. The van der Waals surface area contributed by atoms with Crippen molar-refractivity contribution in [3.05, 3.63) is 23.8 Å². The van der Waals surface area contributed by atoms with Gasteiger partial charge in [-0.05, 0) is 55.7 Å². The summed E-state index contributed by atoms with van der Waals surface area (Å²) >= 11 is 0. The highest BCUT2D eigenvalue weighted by Gasteiger charge is 2.41. The molecule has 3 rings (SSSR count). The molecule has 2 saturated carbocycles. The van der Waals surface area contributed by atoms with Gasteiger partial charge in [0.1, 0.15) is 0 Å². The molecule has 0 radical (unpaired) electrons. The Kier molecular flexibility index (Phi) is 2.65. The van der Waals surface area contributed by atoms with E-state index in [1.165, 1.54) is 25.7 Å². The van der Waals surface area contributed by atoms with E-state index in [2.05, 4.69) is 5.32 Å². The largest absolute Gasteiger partial charge is 0.478 e. The third-order valence-corrected chi connectivity index (χ3v) is 3.88. The fourth-order valence-corrected chi connectivity index (χ4v) is 2.53. The molecule has 0 bridgehead atoms. The molecule has 0 heterocycles. The number of rotatable bonds is 5. The molecule has 18 heavy (non-hydrogen) atoms. The van der Waals surface area contributed by atoms with Crippen LogP contribution in [-0.2, 0) is 0 Å². The van der Waals surface area contributed by atoms with Gasteiger partial charge < -0.3 is 16.2 Å². The van der Waals surface area contributed by atoms with E-state index in [0.717, 1.165) is 17.5 Å². The summed E-state index contributed by atoms with van der Waals surface area (Å²) < 4.78 is 0. The quantitative estimate of drug-likeness (QED) is 0.698. The molecule has 1 aromatic carbocycles. The first-order chi connectivity index (χ1) is 8.65. The molecular formula is C14H18N2O2. The standard InChI is InChI=1S/C14H18N2O2/c15-11-6-5-10(14(17)18)7-12(11)16-13(8-1-2-8)9-3-4-9/h5-9,13,16H,1-4,15H2,(H,17,18). The van der Waals surface area contributed by atoms with Crippen LogP contribution in [0.5, 0.6) is 0 Å². The number of carboxylic acid groups (broad SMARTS) is 1. The van der Waals surface area contributed by atoms with Crippen LogP contribution in [0, 0.1) is 11.8 Å². The van der Waals surface area contributed by atoms with E-state index in [1.54, 1.807) is 18.2 Å². The third kappa shape index (κ3) is 2.28. The number of benzene rings is 1. The van der Waals surface area contributed by atoms with E-state index in [1.807, 2.05) is 0 Å². The van der Waals surface area contributed by atoms with Crippen molar-refractivity contribution in [3.8, 4) is 0 Å². The van der Waals surface area contributed by atoms with Crippen LogP contribution in [0.15, 0.2) is 18.2 Å². The summed E-state index contributed by atoms with van der Waals surface area (Å²) in [6.45, 7) is 0. The van der Waals surface area contributed by atoms with Crippen molar-refractivity contribution in [1.29, 1.82) is 0 Å². The van der Waals surface area contributed by atoms with Gasteiger partial charge >= 0.3 is 5.97 Å². The van der Waals surface area contributed by atoms with E-state index in [-0.39, 0.29) is 5.56 Å². The lowest BCUT2D eigenvalue weighted by atomic mass is 10.1. The first-order valence-electron chi connectivity index (χ1n) is 6.54. The topological polar surface area (TPSA) is 75.4 Å². The van der Waals surface area contributed by atoms with Gasteiger partial charge in [-0.25, -0.2) is 4.79 Å². The van der Waals surface area contributed by atoms with Gasteiger partial charge in [0.25, 0.3) is 0 Å². The van der Waals surface area contributed by atoms with Crippen LogP contribution in [0.25, 0.3) is 0 Å². The molecular weight excluding hydrogens is 228 g/mol. The monoisotopic (exact) mass is 246 g/mol. The van der Waals surface area contributed by atoms with E-state index in [0.29, 0.717) is 11.7 Å². The number of carbonyl (C=O) groups is 1. The van der Waals surface area contributed by atoms with Crippen LogP contribution in [0.4, 0.5) is 11.4 Å². The first kappa shape index (κ1) is 11.4. The predicted octanol–water partition coefficient (Wildman–Crippen LogP) is 2.57. The van der Waals surface area contributed by atoms with Gasteiger partial charge in [0.2, 0.25) is 0 Å². The van der Waals surface area contributed by atoms with Crippen molar-refractivity contribution in [3.63, 3.8) is 0 Å². The van der Waals surface area contributed by atoms with Gasteiger partial charge in [-0.3, -0.25) is 0 Å². The lowest BCUT2D eigenvalue weighted by Crippen LogP contribution is -2.25. The summed E-state index contributed by atoms with van der Waals surface area (Å²) in [5, 5.41) is 12.5. The Labute approximate surface area is 106 Å². The van der Waals surface area contributed by atoms with Crippen LogP contribution < -0.4 is 11.1 Å². The summed E-state index contributed by atoms with van der Waals surface area (Å²) in [7, 11) is 0. The summed E-state index contributed by atoms with van der Waals surface area (Å²) in [5.74, 6) is 0.600. The van der Waals surface area contributed by atoms with Gasteiger partial charge in [0.15, 0.2) is 0 Å². The average Bonchev–Trinajstić information content (AvgIpc) is 3.20. The smallest absolute Gasteiger partial charge is 0.335 e. The Morgan fingerprint density at radius 3 is 2.39 bits per heavy atom. The maximum Gasteiger partial charge on any atom is 0.335 e. The predicted molar refractivity (Wildman–Crippen MR) is 70.7 cm³/mol. The molecule has 0 saturated heterocycles. The lowest BCUT2D eigenvalue weighted by Gasteiger charge is -2.20. The minimum atomic E-state index is -0.910. The van der Waals surface area contributed by atoms with Crippen molar-refractivity contribution >= 4 is 17.3 Å². The molecule has 0 aromatic heterocycles. The number of nitrogens with two attached hydrogens (primary N) is 1. The van der Waals surface area contributed by atoms with E-state index in [4.69, 9.17) is 10.8 Å². The molecule has 0 aliphatic heterocycles. The highest BCUT2D eigenvalue weighted by molar-refractivity contribution is 5.90. The zero-order chi connectivity index (χ0) is 12.7. The van der Waals surface area contributed by atoms with Crippen molar-refractivity contribution in [2.24, 2.45) is 11.8 Å². The molecule has 2 aliphatic carbocycles. The highest BCUT2D eigenvalue weighted by atomic mass is 16.4. The third-order valence-electron chi connectivity index (χ3n) is 3.88. The SMILES string of the molecule is Nc1ccc(C(=O)O)cc1NC(C1CC1)C1CC1. The maximum absolute atomic E-state index is 11.0. The molecule has 4 heteroatoms. The molecule has 0 atom stereocenters. The number of carboxylic acids is 1. The molecule has 4 nitrogen and oxygen atoms in total. The van der Waals surface area contributed by atoms with E-state index >= 15 is 0 Å². The number of nitrogens with one attached hydrogen (secondary N) is 1. The number of hydrogen-bond donors (Lipinski definition) is 3. The Morgan fingerprint density at radius 2 is 1.89 bits per heavy atom. The van der Waals surface area contributed by atoms with Crippen molar-refractivity contribution < 1.29 is 9.90 Å². The Morgan fingerprint density at radius 1 is 1.28 bits per heavy atom. The molecule has 0 unspecified atom stereocenters. The minimum absolute atomic E-state index is 0.289. The number of aromatic carboxylic acids is 1. The second kappa shape index (κ2) is 4.19. The van der Waals surface area contributed by atoms with Crippen molar-refractivity contribution in [2.75, 3.05) is 11.1 Å². The van der Waals surface area contributed by atoms with Crippen LogP contribution in [0.2, 0.25) is 0 Å². The van der Waals surface area contributed by atoms with Gasteiger partial charge in [0.05, 0.1) is 16.9 Å². The van der Waals surface area contributed by atoms with Crippen LogP contribution in [-0.4, -0.2) is 17.1 Å². The second-order valence-corrected chi connectivity index (χ2v) is 5.45. The molecule has 4 N–H and O–H groups in total. The molecule has 2 aliphatic rings. The van der Waals surface area contributed by atoms with Gasteiger partial charge in [0, 0.05) is 6.04 Å². The fraction of sp³-hybridized carbons (Fsp3) is 0.500. The fourth-order valence-electron chi connectivity index (χ4n) is 2.53. The van der Waals surface area contributed by atoms with Gasteiger partial charge in [-0.2, -0.15) is 0 Å². The normalized spacial score (nSPS) is 18.9. The second-order valence-electron chi connectivity index (χ2n) is 5.45. The van der Waals surface area contributed by atoms with Gasteiger partial charge in [-0.15, -0.1) is 0 Å². The van der Waals surface area contributed by atoms with Crippen molar-refractivity contribution in [2.45, 2.75) is 31.7 Å². The Hall–Kier alpha value is -1.71. The molecule has 0 amide bonds. The average molecular weight is 246 g/mol. The summed E-state index contributed by atoms with van der Waals surface area (Å²) in [6.07, 6.45) is 5.14. The van der Waals surface area contributed by atoms with Gasteiger partial charge in [-0.1, -0.05) is 0 Å². The summed E-state index contributed by atoms with van der Waals surface area (Å²) in [5.41, 5.74) is 7.62. The number of anilines is 2. The number of nitrogen functional groups attached to an aromatic ring is 1. The lowest BCUT2D eigenvalue weighted by molar-refractivity contribution is 0.0697. The minimum Gasteiger partial charge on any atom is -0.478 e. The zero-order valence-corrected chi connectivity index (χ0v) is 10.2. The van der Waals surface area contributed by atoms with E-state index in [9.17, 15) is 4.79 Å². The zero-order valence-electron chi connectivity index (χ0n) is 10.2. The van der Waals surface area contributed by atoms with Crippen LogP contribution in [0.3, 0.4) is 0 Å².